The van der Waals surface area contributed by atoms with E-state index in [0.29, 0.717) is 17.8 Å². The molecule has 152 valence electrons. The maximum Gasteiger partial charge on any atom is 0.108 e. The van der Waals surface area contributed by atoms with E-state index in [4.69, 9.17) is 4.42 Å². The fraction of sp³-hybridized carbons (Fsp3) is 0.692. The molecule has 0 spiro atoms. The fourth-order valence-electron chi connectivity index (χ4n) is 7.66. The lowest BCUT2D eigenvalue weighted by Crippen LogP contribution is -2.51. The summed E-state index contributed by atoms with van der Waals surface area (Å²) in [6.45, 7) is 9.11. The van der Waals surface area contributed by atoms with E-state index in [0.717, 1.165) is 43.6 Å². The molecular formula is C26H36O2. The molecule has 0 aromatic carbocycles. The van der Waals surface area contributed by atoms with Crippen LogP contribution in [0.2, 0.25) is 0 Å². The Morgan fingerprint density at radius 2 is 2.00 bits per heavy atom. The van der Waals surface area contributed by atoms with E-state index in [1.165, 1.54) is 19.3 Å². The zero-order valence-corrected chi connectivity index (χ0v) is 18.1. The molecule has 1 N–H and O–H groups in total. The standard InChI is InChI=1S/C26H36O2/c1-5-26(27)15-12-21-23-19(22-10-9-17(2)28-22)16-18-8-6-7-13-24(18,3)20(23)11-14-25(21,26)4/h8-11,19,21,23,27H,5-7,12-16H2,1-4H3/t19-,21-,23+,24-,25-,26-/m0/s1. The van der Waals surface area contributed by atoms with Gasteiger partial charge in [0.15, 0.2) is 0 Å². The Morgan fingerprint density at radius 1 is 1.18 bits per heavy atom. The first-order valence-electron chi connectivity index (χ1n) is 11.5. The quantitative estimate of drug-likeness (QED) is 0.579. The predicted octanol–water partition coefficient (Wildman–Crippen LogP) is 6.70. The molecule has 2 fully saturated rings. The molecule has 4 aliphatic carbocycles. The van der Waals surface area contributed by atoms with Crippen LogP contribution < -0.4 is 0 Å². The smallest absolute Gasteiger partial charge is 0.108 e. The van der Waals surface area contributed by atoms with E-state index in [9.17, 15) is 5.11 Å². The van der Waals surface area contributed by atoms with E-state index in [2.05, 4.69) is 52.0 Å². The van der Waals surface area contributed by atoms with Crippen LogP contribution >= 0.6 is 0 Å². The monoisotopic (exact) mass is 380 g/mol. The third-order valence-electron chi connectivity index (χ3n) is 9.49. The third kappa shape index (κ3) is 2.30. The minimum atomic E-state index is -0.521. The molecule has 6 atom stereocenters. The summed E-state index contributed by atoms with van der Waals surface area (Å²) >= 11 is 0. The Kier molecular flexibility index (Phi) is 4.09. The Hall–Kier alpha value is -1.28. The number of hydrogen-bond donors (Lipinski definition) is 1. The second-order valence-electron chi connectivity index (χ2n) is 10.5. The highest BCUT2D eigenvalue weighted by atomic mass is 16.3. The van der Waals surface area contributed by atoms with E-state index in [-0.39, 0.29) is 10.8 Å². The van der Waals surface area contributed by atoms with Gasteiger partial charge in [0.1, 0.15) is 11.5 Å². The summed E-state index contributed by atoms with van der Waals surface area (Å²) in [5, 5.41) is 11.5. The van der Waals surface area contributed by atoms with Crippen LogP contribution in [0.5, 0.6) is 0 Å². The van der Waals surface area contributed by atoms with Gasteiger partial charge in [0, 0.05) is 16.7 Å². The van der Waals surface area contributed by atoms with Gasteiger partial charge in [0.05, 0.1) is 5.60 Å². The van der Waals surface area contributed by atoms with Crippen molar-refractivity contribution in [2.24, 2.45) is 22.7 Å². The van der Waals surface area contributed by atoms with Gasteiger partial charge < -0.3 is 9.52 Å². The summed E-state index contributed by atoms with van der Waals surface area (Å²) in [5.41, 5.74) is 3.02. The summed E-state index contributed by atoms with van der Waals surface area (Å²) in [6.07, 6.45) is 14.0. The maximum atomic E-state index is 11.5. The minimum Gasteiger partial charge on any atom is -0.466 e. The molecule has 1 heterocycles. The summed E-state index contributed by atoms with van der Waals surface area (Å²) in [4.78, 5) is 0. The molecule has 2 nitrogen and oxygen atoms in total. The van der Waals surface area contributed by atoms with Gasteiger partial charge in [-0.25, -0.2) is 0 Å². The highest BCUT2D eigenvalue weighted by Crippen LogP contribution is 2.68. The highest BCUT2D eigenvalue weighted by Gasteiger charge is 2.62. The number of furan rings is 1. The van der Waals surface area contributed by atoms with E-state index >= 15 is 0 Å². The SMILES string of the molecule is CC[C@]1(O)CC[C@H]2[C@H]3C(=CC[C@@]21C)[C@@]1(C)CCCC=C1C[C@H]3c1ccc(C)o1. The average Bonchev–Trinajstić information content (AvgIpc) is 3.22. The van der Waals surface area contributed by atoms with Crippen LogP contribution in [-0.2, 0) is 0 Å². The molecule has 0 aliphatic heterocycles. The van der Waals surface area contributed by atoms with Gasteiger partial charge in [-0.05, 0) is 82.3 Å². The first-order chi connectivity index (χ1) is 13.3. The maximum absolute atomic E-state index is 11.5. The molecule has 0 saturated heterocycles. The third-order valence-corrected chi connectivity index (χ3v) is 9.49. The molecule has 1 aromatic rings. The molecule has 4 aliphatic rings. The van der Waals surface area contributed by atoms with Gasteiger partial charge in [0.25, 0.3) is 0 Å². The Morgan fingerprint density at radius 3 is 2.71 bits per heavy atom. The fourth-order valence-corrected chi connectivity index (χ4v) is 7.66. The Labute approximate surface area is 170 Å². The largest absolute Gasteiger partial charge is 0.466 e. The lowest BCUT2D eigenvalue weighted by atomic mass is 9.48. The normalized spacial score (nSPS) is 45.0. The van der Waals surface area contributed by atoms with Crippen LogP contribution in [0, 0.1) is 29.6 Å². The molecule has 0 radical (unpaired) electrons. The van der Waals surface area contributed by atoms with E-state index in [1.54, 1.807) is 11.1 Å². The van der Waals surface area contributed by atoms with E-state index in [1.807, 2.05) is 0 Å². The number of aryl methyl sites for hydroxylation is 1. The zero-order chi connectivity index (χ0) is 19.7. The molecule has 1 aromatic heterocycles. The van der Waals surface area contributed by atoms with Crippen molar-refractivity contribution in [3.05, 3.63) is 47.0 Å². The van der Waals surface area contributed by atoms with Gasteiger partial charge in [-0.2, -0.15) is 0 Å². The van der Waals surface area contributed by atoms with Crippen molar-refractivity contribution < 1.29 is 9.52 Å². The van der Waals surface area contributed by atoms with Crippen LogP contribution in [0.1, 0.15) is 89.6 Å². The second-order valence-corrected chi connectivity index (χ2v) is 10.5. The highest BCUT2D eigenvalue weighted by molar-refractivity contribution is 5.42. The number of allylic oxidation sites excluding steroid dienone is 4. The number of fused-ring (bicyclic) bond motifs is 5. The second kappa shape index (κ2) is 6.11. The molecule has 2 heteroatoms. The molecule has 28 heavy (non-hydrogen) atoms. The molecule has 5 rings (SSSR count). The topological polar surface area (TPSA) is 33.4 Å². The van der Waals surface area contributed by atoms with Crippen molar-refractivity contribution in [3.63, 3.8) is 0 Å². The van der Waals surface area contributed by atoms with Gasteiger partial charge in [-0.1, -0.05) is 44.1 Å². The average molecular weight is 381 g/mol. The van der Waals surface area contributed by atoms with Gasteiger partial charge in [0.2, 0.25) is 0 Å². The minimum absolute atomic E-state index is 0.0119. The lowest BCUT2D eigenvalue weighted by molar-refractivity contribution is -0.0856. The molecule has 2 saturated carbocycles. The van der Waals surface area contributed by atoms with Crippen molar-refractivity contribution in [2.45, 2.75) is 90.6 Å². The van der Waals surface area contributed by atoms with Gasteiger partial charge >= 0.3 is 0 Å². The van der Waals surface area contributed by atoms with Crippen LogP contribution in [0.25, 0.3) is 0 Å². The molecule has 0 unspecified atom stereocenters. The first kappa shape index (κ1) is 18.7. The number of aliphatic hydroxyl groups is 1. The van der Waals surface area contributed by atoms with Crippen molar-refractivity contribution in [1.29, 1.82) is 0 Å². The van der Waals surface area contributed by atoms with Crippen molar-refractivity contribution in [1.82, 2.24) is 0 Å². The summed E-state index contributed by atoms with van der Waals surface area (Å²) < 4.78 is 6.23. The van der Waals surface area contributed by atoms with Crippen molar-refractivity contribution >= 4 is 0 Å². The number of rotatable bonds is 2. The Bertz CT molecular complexity index is 844. The van der Waals surface area contributed by atoms with E-state index < -0.39 is 5.60 Å². The van der Waals surface area contributed by atoms with Crippen LogP contribution in [0.3, 0.4) is 0 Å². The van der Waals surface area contributed by atoms with Crippen LogP contribution in [0.15, 0.2) is 39.8 Å². The van der Waals surface area contributed by atoms with Crippen molar-refractivity contribution in [2.75, 3.05) is 0 Å². The molecular weight excluding hydrogens is 344 g/mol. The predicted molar refractivity (Wildman–Crippen MR) is 113 cm³/mol. The van der Waals surface area contributed by atoms with Gasteiger partial charge in [-0.15, -0.1) is 0 Å². The Balaban J connectivity index is 1.67. The number of hydrogen-bond acceptors (Lipinski definition) is 2. The first-order valence-corrected chi connectivity index (χ1v) is 11.5. The van der Waals surface area contributed by atoms with Crippen molar-refractivity contribution in [3.8, 4) is 0 Å². The summed E-state index contributed by atoms with van der Waals surface area (Å²) in [7, 11) is 0. The van der Waals surface area contributed by atoms with Gasteiger partial charge in [-0.3, -0.25) is 0 Å². The molecule has 0 bridgehead atoms. The summed E-state index contributed by atoms with van der Waals surface area (Å²) in [5.74, 6) is 3.65. The van der Waals surface area contributed by atoms with Crippen LogP contribution in [0.4, 0.5) is 0 Å². The van der Waals surface area contributed by atoms with Crippen LogP contribution in [-0.4, -0.2) is 10.7 Å². The molecule has 0 amide bonds. The summed E-state index contributed by atoms with van der Waals surface area (Å²) in [6, 6.07) is 4.34. The zero-order valence-electron chi connectivity index (χ0n) is 18.1. The lowest BCUT2D eigenvalue weighted by Gasteiger charge is -2.57.